The van der Waals surface area contributed by atoms with Gasteiger partial charge in [-0.25, -0.2) is 0 Å². The number of nitrogens with one attached hydrogen (secondary N) is 1. The number of hydrogen-bond acceptors (Lipinski definition) is 3. The molecule has 2 rings (SSSR count). The lowest BCUT2D eigenvalue weighted by Gasteiger charge is -2.06. The predicted octanol–water partition coefficient (Wildman–Crippen LogP) is 1.55. The van der Waals surface area contributed by atoms with Gasteiger partial charge in [-0.3, -0.25) is 9.67 Å². The van der Waals surface area contributed by atoms with Gasteiger partial charge in [-0.15, -0.1) is 0 Å². The molecule has 0 saturated carbocycles. The molecule has 0 aliphatic heterocycles. The van der Waals surface area contributed by atoms with Crippen LogP contribution < -0.4 is 5.32 Å². The molecule has 2 aromatic rings. The lowest BCUT2D eigenvalue weighted by molar-refractivity contribution is 0.678. The van der Waals surface area contributed by atoms with Crippen molar-refractivity contribution in [2.75, 3.05) is 13.6 Å². The van der Waals surface area contributed by atoms with Crippen molar-refractivity contribution in [1.29, 1.82) is 0 Å². The second kappa shape index (κ2) is 5.10. The van der Waals surface area contributed by atoms with Crippen LogP contribution >= 0.6 is 0 Å². The molecule has 0 saturated heterocycles. The summed E-state index contributed by atoms with van der Waals surface area (Å²) < 4.78 is 1.97. The van der Waals surface area contributed by atoms with Gasteiger partial charge in [0.05, 0.1) is 5.69 Å². The van der Waals surface area contributed by atoms with Crippen molar-refractivity contribution in [2.45, 2.75) is 13.3 Å². The SMILES string of the molecule is CNCCc1c(-c2ccncc2)c(C)nn1C. The maximum absolute atomic E-state index is 4.51. The zero-order valence-electron chi connectivity index (χ0n) is 10.6. The van der Waals surface area contributed by atoms with E-state index in [1.165, 1.54) is 16.8 Å². The first-order valence-electron chi connectivity index (χ1n) is 5.81. The molecule has 0 aromatic carbocycles. The molecule has 0 bridgehead atoms. The number of hydrogen-bond donors (Lipinski definition) is 1. The predicted molar refractivity (Wildman–Crippen MR) is 68.8 cm³/mol. The smallest absolute Gasteiger partial charge is 0.0674 e. The van der Waals surface area contributed by atoms with Crippen LogP contribution in [-0.2, 0) is 13.5 Å². The number of rotatable bonds is 4. The van der Waals surface area contributed by atoms with E-state index in [1.54, 1.807) is 0 Å². The Morgan fingerprint density at radius 2 is 2.00 bits per heavy atom. The van der Waals surface area contributed by atoms with Gasteiger partial charge >= 0.3 is 0 Å². The van der Waals surface area contributed by atoms with Gasteiger partial charge in [0.25, 0.3) is 0 Å². The van der Waals surface area contributed by atoms with Crippen molar-refractivity contribution >= 4 is 0 Å². The van der Waals surface area contributed by atoms with Crippen LogP contribution in [0.3, 0.4) is 0 Å². The number of nitrogens with zero attached hydrogens (tertiary/aromatic N) is 3. The number of pyridine rings is 1. The van der Waals surface area contributed by atoms with Crippen LogP contribution in [0.5, 0.6) is 0 Å². The van der Waals surface area contributed by atoms with Crippen LogP contribution in [0.2, 0.25) is 0 Å². The average Bonchev–Trinajstić information content (AvgIpc) is 2.62. The van der Waals surface area contributed by atoms with E-state index >= 15 is 0 Å². The Bertz CT molecular complexity index is 488. The molecule has 1 N–H and O–H groups in total. The maximum Gasteiger partial charge on any atom is 0.0674 e. The zero-order chi connectivity index (χ0) is 12.3. The van der Waals surface area contributed by atoms with Crippen LogP contribution in [0.15, 0.2) is 24.5 Å². The zero-order valence-corrected chi connectivity index (χ0v) is 10.6. The lowest BCUT2D eigenvalue weighted by atomic mass is 10.0. The molecule has 0 spiro atoms. The van der Waals surface area contributed by atoms with E-state index in [1.807, 2.05) is 43.3 Å². The second-order valence-corrected chi connectivity index (χ2v) is 4.12. The largest absolute Gasteiger partial charge is 0.319 e. The molecule has 0 unspecified atom stereocenters. The first-order chi connectivity index (χ1) is 8.24. The summed E-state index contributed by atoms with van der Waals surface area (Å²) in [6, 6.07) is 4.07. The standard InChI is InChI=1S/C13H18N4/c1-10-13(11-4-8-15-9-5-11)12(6-7-14-2)17(3)16-10/h4-5,8-9,14H,6-7H2,1-3H3. The van der Waals surface area contributed by atoms with E-state index in [4.69, 9.17) is 0 Å². The summed E-state index contributed by atoms with van der Waals surface area (Å²) in [5, 5.41) is 7.69. The average molecular weight is 230 g/mol. The minimum absolute atomic E-state index is 0.955. The first-order valence-corrected chi connectivity index (χ1v) is 5.81. The van der Waals surface area contributed by atoms with Gasteiger partial charge in [0, 0.05) is 43.7 Å². The van der Waals surface area contributed by atoms with Crippen LogP contribution in [0.4, 0.5) is 0 Å². The molecule has 0 fully saturated rings. The van der Waals surface area contributed by atoms with Gasteiger partial charge in [0.15, 0.2) is 0 Å². The Kier molecular flexibility index (Phi) is 3.54. The fourth-order valence-electron chi connectivity index (χ4n) is 2.13. The highest BCUT2D eigenvalue weighted by Crippen LogP contribution is 2.26. The Morgan fingerprint density at radius 1 is 1.29 bits per heavy atom. The van der Waals surface area contributed by atoms with Gasteiger partial charge in [-0.2, -0.15) is 5.10 Å². The summed E-state index contributed by atoms with van der Waals surface area (Å²) in [7, 11) is 3.97. The highest BCUT2D eigenvalue weighted by molar-refractivity contribution is 5.68. The van der Waals surface area contributed by atoms with Crippen molar-refractivity contribution in [1.82, 2.24) is 20.1 Å². The molecule has 17 heavy (non-hydrogen) atoms. The van der Waals surface area contributed by atoms with Gasteiger partial charge in [0.2, 0.25) is 0 Å². The Balaban J connectivity index is 2.45. The molecule has 0 radical (unpaired) electrons. The molecule has 0 aliphatic carbocycles. The minimum Gasteiger partial charge on any atom is -0.319 e. The molecule has 0 atom stereocenters. The molecule has 4 heteroatoms. The Morgan fingerprint density at radius 3 is 2.65 bits per heavy atom. The Hall–Kier alpha value is -1.68. The second-order valence-electron chi connectivity index (χ2n) is 4.12. The van der Waals surface area contributed by atoms with Crippen LogP contribution in [0.25, 0.3) is 11.1 Å². The molecule has 0 amide bonds. The van der Waals surface area contributed by atoms with Crippen molar-refractivity contribution in [3.05, 3.63) is 35.9 Å². The fourth-order valence-corrected chi connectivity index (χ4v) is 2.13. The number of aryl methyl sites for hydroxylation is 2. The maximum atomic E-state index is 4.51. The van der Waals surface area contributed by atoms with E-state index in [2.05, 4.69) is 22.3 Å². The topological polar surface area (TPSA) is 42.7 Å². The fraction of sp³-hybridized carbons (Fsp3) is 0.385. The van der Waals surface area contributed by atoms with Crippen molar-refractivity contribution in [2.24, 2.45) is 7.05 Å². The van der Waals surface area contributed by atoms with E-state index in [9.17, 15) is 0 Å². The van der Waals surface area contributed by atoms with E-state index in [-0.39, 0.29) is 0 Å². The minimum atomic E-state index is 0.955. The van der Waals surface area contributed by atoms with Crippen molar-refractivity contribution in [3.63, 3.8) is 0 Å². The summed E-state index contributed by atoms with van der Waals surface area (Å²) in [5.41, 5.74) is 4.77. The third-order valence-electron chi connectivity index (χ3n) is 2.92. The van der Waals surface area contributed by atoms with Crippen LogP contribution in [0, 0.1) is 6.92 Å². The normalized spacial score (nSPS) is 10.8. The number of aromatic nitrogens is 3. The van der Waals surface area contributed by atoms with Gasteiger partial charge < -0.3 is 5.32 Å². The summed E-state index contributed by atoms with van der Waals surface area (Å²) in [4.78, 5) is 4.06. The van der Waals surface area contributed by atoms with Crippen LogP contribution in [0.1, 0.15) is 11.4 Å². The quantitative estimate of drug-likeness (QED) is 0.866. The van der Waals surface area contributed by atoms with Gasteiger partial charge in [-0.1, -0.05) is 0 Å². The number of likely N-dealkylation sites (N-methyl/N-ethyl adjacent to an activating group) is 1. The summed E-state index contributed by atoms with van der Waals surface area (Å²) in [6.45, 7) is 3.01. The van der Waals surface area contributed by atoms with Crippen molar-refractivity contribution in [3.8, 4) is 11.1 Å². The molecule has 2 aromatic heterocycles. The summed E-state index contributed by atoms with van der Waals surface area (Å²) in [5.74, 6) is 0. The van der Waals surface area contributed by atoms with Gasteiger partial charge in [0.1, 0.15) is 0 Å². The Labute approximate surface area is 102 Å². The van der Waals surface area contributed by atoms with Crippen molar-refractivity contribution < 1.29 is 0 Å². The molecular formula is C13H18N4. The lowest BCUT2D eigenvalue weighted by Crippen LogP contribution is -2.13. The van der Waals surface area contributed by atoms with E-state index < -0.39 is 0 Å². The molecule has 90 valence electrons. The molecule has 2 heterocycles. The monoisotopic (exact) mass is 230 g/mol. The summed E-state index contributed by atoms with van der Waals surface area (Å²) >= 11 is 0. The highest BCUT2D eigenvalue weighted by atomic mass is 15.3. The molecular weight excluding hydrogens is 212 g/mol. The van der Waals surface area contributed by atoms with E-state index in [0.717, 1.165) is 18.7 Å². The third-order valence-corrected chi connectivity index (χ3v) is 2.92. The first kappa shape index (κ1) is 11.8. The highest BCUT2D eigenvalue weighted by Gasteiger charge is 2.14. The third kappa shape index (κ3) is 2.36. The van der Waals surface area contributed by atoms with E-state index in [0.29, 0.717) is 0 Å². The molecule has 0 aliphatic rings. The van der Waals surface area contributed by atoms with Gasteiger partial charge in [-0.05, 0) is 31.7 Å². The van der Waals surface area contributed by atoms with Crippen LogP contribution in [-0.4, -0.2) is 28.4 Å². The summed E-state index contributed by atoms with van der Waals surface area (Å²) in [6.07, 6.45) is 4.62. The molecule has 4 nitrogen and oxygen atoms in total.